The number of urea groups is 1. The summed E-state index contributed by atoms with van der Waals surface area (Å²) in [4.78, 5) is 30.9. The van der Waals surface area contributed by atoms with Crippen molar-refractivity contribution in [3.8, 4) is 17.2 Å². The van der Waals surface area contributed by atoms with Crippen LogP contribution in [-0.4, -0.2) is 44.4 Å². The highest BCUT2D eigenvalue weighted by Crippen LogP contribution is 2.29. The van der Waals surface area contributed by atoms with Crippen molar-refractivity contribution in [1.82, 2.24) is 20.2 Å². The molecule has 3 N–H and O–H groups in total. The van der Waals surface area contributed by atoms with Crippen LogP contribution in [0.1, 0.15) is 10.5 Å². The predicted octanol–water partition coefficient (Wildman–Crippen LogP) is 3.98. The van der Waals surface area contributed by atoms with Crippen molar-refractivity contribution < 1.29 is 37.3 Å². The van der Waals surface area contributed by atoms with Gasteiger partial charge in [-0.15, -0.1) is 10.2 Å². The molecular formula is C21H13F3N6O5. The molecule has 0 aliphatic carbocycles. The topological polar surface area (TPSA) is 148 Å². The van der Waals surface area contributed by atoms with Gasteiger partial charge in [-0.1, -0.05) is 0 Å². The highest BCUT2D eigenvalue weighted by molar-refractivity contribution is 5.99. The second-order valence-electron chi connectivity index (χ2n) is 6.72. The van der Waals surface area contributed by atoms with Gasteiger partial charge >= 0.3 is 12.0 Å². The lowest BCUT2D eigenvalue weighted by atomic mass is 10.2. The van der Waals surface area contributed by atoms with Crippen LogP contribution in [0, 0.1) is 17.5 Å². The van der Waals surface area contributed by atoms with E-state index in [0.717, 1.165) is 7.11 Å². The molecule has 2 aromatic carbocycles. The Labute approximate surface area is 193 Å². The Morgan fingerprint density at radius 3 is 2.46 bits per heavy atom. The molecule has 0 spiro atoms. The van der Waals surface area contributed by atoms with Crippen molar-refractivity contribution in [2.24, 2.45) is 0 Å². The molecule has 0 fully saturated rings. The predicted molar refractivity (Wildman–Crippen MR) is 114 cm³/mol. The number of anilines is 2. The fourth-order valence-corrected chi connectivity index (χ4v) is 2.87. The number of aromatic carboxylic acids is 1. The fourth-order valence-electron chi connectivity index (χ4n) is 2.87. The van der Waals surface area contributed by atoms with E-state index in [2.05, 4.69) is 30.2 Å². The first-order chi connectivity index (χ1) is 16.7. The summed E-state index contributed by atoms with van der Waals surface area (Å²) < 4.78 is 51.7. The zero-order valence-corrected chi connectivity index (χ0v) is 17.5. The Hall–Kier alpha value is -5.01. The second-order valence-corrected chi connectivity index (χ2v) is 6.72. The van der Waals surface area contributed by atoms with E-state index >= 15 is 0 Å². The van der Waals surface area contributed by atoms with Crippen molar-refractivity contribution in [2.75, 3.05) is 17.7 Å². The maximum Gasteiger partial charge on any atom is 0.354 e. The minimum atomic E-state index is -1.60. The number of amides is 2. The van der Waals surface area contributed by atoms with E-state index in [1.165, 1.54) is 36.5 Å². The summed E-state index contributed by atoms with van der Waals surface area (Å²) in [6.07, 6.45) is 1.28. The summed E-state index contributed by atoms with van der Waals surface area (Å²) >= 11 is 0. The third-order valence-corrected chi connectivity index (χ3v) is 4.41. The molecule has 0 unspecified atom stereocenters. The lowest BCUT2D eigenvalue weighted by Crippen LogP contribution is -2.22. The van der Waals surface area contributed by atoms with Crippen LogP contribution >= 0.6 is 0 Å². The molecule has 2 heterocycles. The highest BCUT2D eigenvalue weighted by atomic mass is 19.2. The van der Waals surface area contributed by atoms with Gasteiger partial charge in [-0.3, -0.25) is 5.32 Å². The van der Waals surface area contributed by atoms with E-state index in [9.17, 15) is 22.8 Å². The van der Waals surface area contributed by atoms with Gasteiger partial charge in [-0.05, 0) is 18.2 Å². The summed E-state index contributed by atoms with van der Waals surface area (Å²) in [6.45, 7) is 0. The van der Waals surface area contributed by atoms with Gasteiger partial charge in [0.1, 0.15) is 17.0 Å². The first-order valence-electron chi connectivity index (χ1n) is 9.56. The van der Waals surface area contributed by atoms with Crippen LogP contribution in [0.25, 0.3) is 11.0 Å². The van der Waals surface area contributed by atoms with Gasteiger partial charge < -0.3 is 19.9 Å². The zero-order valence-electron chi connectivity index (χ0n) is 17.5. The molecule has 14 heteroatoms. The minimum Gasteiger partial charge on any atom is -0.491 e. The van der Waals surface area contributed by atoms with Gasteiger partial charge in [0.05, 0.1) is 18.3 Å². The first kappa shape index (κ1) is 23.2. The average molecular weight is 486 g/mol. The quantitative estimate of drug-likeness (QED) is 0.344. The Kier molecular flexibility index (Phi) is 6.26. The van der Waals surface area contributed by atoms with E-state index in [4.69, 9.17) is 9.84 Å². The molecule has 4 aromatic rings. The van der Waals surface area contributed by atoms with Gasteiger partial charge in [-0.2, -0.15) is 4.39 Å². The SMILES string of the molecule is COc1c(F)cc(NC(=O)Nc2nnc3cc(Oc4ccnc(C(=O)O)c4)ccc3n2)c(F)c1F. The molecule has 2 amide bonds. The molecular weight excluding hydrogens is 473 g/mol. The van der Waals surface area contributed by atoms with E-state index in [1.807, 2.05) is 5.32 Å². The molecule has 0 atom stereocenters. The number of hydrogen-bond acceptors (Lipinski definition) is 8. The number of carbonyl (C=O) groups is 2. The normalized spacial score (nSPS) is 10.6. The van der Waals surface area contributed by atoms with Crippen LogP contribution in [0.4, 0.5) is 29.6 Å². The Bertz CT molecular complexity index is 1470. The third kappa shape index (κ3) is 5.00. The summed E-state index contributed by atoms with van der Waals surface area (Å²) in [5.74, 6) is -6.22. The van der Waals surface area contributed by atoms with E-state index in [0.29, 0.717) is 11.8 Å². The van der Waals surface area contributed by atoms with Gasteiger partial charge in [-0.25, -0.2) is 28.3 Å². The van der Waals surface area contributed by atoms with Crippen molar-refractivity contribution in [2.45, 2.75) is 0 Å². The molecule has 0 aliphatic heterocycles. The maximum atomic E-state index is 14.0. The highest BCUT2D eigenvalue weighted by Gasteiger charge is 2.21. The monoisotopic (exact) mass is 486 g/mol. The van der Waals surface area contributed by atoms with Crippen LogP contribution in [0.2, 0.25) is 0 Å². The smallest absolute Gasteiger partial charge is 0.354 e. The van der Waals surface area contributed by atoms with Gasteiger partial charge in [0, 0.05) is 24.4 Å². The number of ether oxygens (including phenoxy) is 2. The van der Waals surface area contributed by atoms with Gasteiger partial charge in [0.15, 0.2) is 23.1 Å². The number of pyridine rings is 1. The van der Waals surface area contributed by atoms with Crippen LogP contribution in [-0.2, 0) is 0 Å². The standard InChI is InChI=1S/C21H13F3N6O5/c1-34-18-11(22)8-14(16(23)17(18)24)27-21(33)28-20-26-12-3-2-9(6-13(12)29-30-20)35-10-4-5-25-15(7-10)19(31)32/h2-8H,1H3,(H,31,32)(H2,26,27,28,30,33). The zero-order chi connectivity index (χ0) is 25.1. The average Bonchev–Trinajstić information content (AvgIpc) is 2.83. The number of hydrogen-bond donors (Lipinski definition) is 3. The van der Waals surface area contributed by atoms with Crippen molar-refractivity contribution in [3.05, 3.63) is 65.7 Å². The number of rotatable bonds is 6. The number of carboxylic acids is 1. The lowest BCUT2D eigenvalue weighted by Gasteiger charge is -2.11. The van der Waals surface area contributed by atoms with Crippen molar-refractivity contribution >= 4 is 34.7 Å². The number of aromatic nitrogens is 4. The number of nitrogens with zero attached hydrogens (tertiary/aromatic N) is 4. The number of carboxylic acid groups (broad SMARTS) is 1. The molecule has 0 bridgehead atoms. The number of fused-ring (bicyclic) bond motifs is 1. The maximum absolute atomic E-state index is 14.0. The van der Waals surface area contributed by atoms with Crippen LogP contribution in [0.5, 0.6) is 17.2 Å². The molecule has 0 saturated carbocycles. The number of halogens is 3. The first-order valence-corrected chi connectivity index (χ1v) is 9.56. The fraction of sp³-hybridized carbons (Fsp3) is 0.0476. The summed E-state index contributed by atoms with van der Waals surface area (Å²) in [7, 11) is 0.967. The number of benzene rings is 2. The van der Waals surface area contributed by atoms with Gasteiger partial charge in [0.25, 0.3) is 5.95 Å². The van der Waals surface area contributed by atoms with Crippen molar-refractivity contribution in [3.63, 3.8) is 0 Å². The molecule has 0 saturated heterocycles. The van der Waals surface area contributed by atoms with E-state index in [-0.39, 0.29) is 28.4 Å². The van der Waals surface area contributed by atoms with Gasteiger partial charge in [0.2, 0.25) is 5.82 Å². The summed E-state index contributed by atoms with van der Waals surface area (Å²) in [6, 6.07) is 6.66. The Morgan fingerprint density at radius 2 is 1.71 bits per heavy atom. The van der Waals surface area contributed by atoms with Crippen LogP contribution in [0.3, 0.4) is 0 Å². The van der Waals surface area contributed by atoms with Crippen LogP contribution in [0.15, 0.2) is 42.6 Å². The third-order valence-electron chi connectivity index (χ3n) is 4.41. The minimum absolute atomic E-state index is 0.196. The molecule has 0 radical (unpaired) electrons. The molecule has 11 nitrogen and oxygen atoms in total. The van der Waals surface area contributed by atoms with E-state index in [1.54, 1.807) is 0 Å². The molecule has 2 aromatic heterocycles. The summed E-state index contributed by atoms with van der Waals surface area (Å²) in [5.41, 5.74) is -0.405. The van der Waals surface area contributed by atoms with Crippen LogP contribution < -0.4 is 20.1 Å². The Morgan fingerprint density at radius 1 is 0.943 bits per heavy atom. The van der Waals surface area contributed by atoms with Crippen molar-refractivity contribution in [1.29, 1.82) is 0 Å². The molecule has 35 heavy (non-hydrogen) atoms. The lowest BCUT2D eigenvalue weighted by molar-refractivity contribution is 0.0690. The number of carbonyl (C=O) groups excluding carboxylic acids is 1. The number of methoxy groups -OCH3 is 1. The molecule has 178 valence electrons. The Balaban J connectivity index is 1.48. The van der Waals surface area contributed by atoms with E-state index < -0.39 is 40.9 Å². The largest absolute Gasteiger partial charge is 0.491 e. The molecule has 4 rings (SSSR count). The molecule has 0 aliphatic rings. The second kappa shape index (κ2) is 9.46. The number of nitrogens with one attached hydrogen (secondary N) is 2. The summed E-state index contributed by atoms with van der Waals surface area (Å²) in [5, 5.41) is 20.8.